The summed E-state index contributed by atoms with van der Waals surface area (Å²) in [6, 6.07) is 4.89. The highest BCUT2D eigenvalue weighted by Crippen LogP contribution is 2.32. The van der Waals surface area contributed by atoms with Crippen LogP contribution in [0.25, 0.3) is 0 Å². The Balaban J connectivity index is 2.23. The number of ether oxygens (including phenoxy) is 1. The van der Waals surface area contributed by atoms with E-state index in [4.69, 9.17) is 16.3 Å². The lowest BCUT2D eigenvalue weighted by Gasteiger charge is -2.11. The molecule has 18 heavy (non-hydrogen) atoms. The van der Waals surface area contributed by atoms with Crippen molar-refractivity contribution < 1.29 is 14.3 Å². The summed E-state index contributed by atoms with van der Waals surface area (Å²) in [6.45, 7) is 0. The molecule has 0 unspecified atom stereocenters. The molecule has 1 aromatic rings. The molecule has 0 bridgehead atoms. The maximum absolute atomic E-state index is 11.7. The number of alkyl halides is 1. The number of methoxy groups -OCH3 is 1. The highest BCUT2D eigenvalue weighted by atomic mass is 35.5. The molecular formula is C13H14ClNO3. The third-order valence-corrected chi connectivity index (χ3v) is 3.09. The van der Waals surface area contributed by atoms with Gasteiger partial charge in [-0.3, -0.25) is 9.59 Å². The van der Waals surface area contributed by atoms with Gasteiger partial charge < -0.3 is 10.1 Å². The minimum atomic E-state index is -0.179. The number of amides is 1. The van der Waals surface area contributed by atoms with Gasteiger partial charge in [0.05, 0.1) is 18.7 Å². The van der Waals surface area contributed by atoms with Gasteiger partial charge in [-0.15, -0.1) is 11.6 Å². The van der Waals surface area contributed by atoms with E-state index < -0.39 is 0 Å². The van der Waals surface area contributed by atoms with Crippen LogP contribution in [0.3, 0.4) is 0 Å². The molecule has 2 rings (SSSR count). The summed E-state index contributed by atoms with van der Waals surface area (Å²) in [4.78, 5) is 23.2. The second-order valence-corrected chi connectivity index (χ2v) is 4.50. The number of carbonyl (C=O) groups excluding carboxylic acids is 2. The number of nitrogens with one attached hydrogen (secondary N) is 1. The molecule has 0 atom stereocenters. The first kappa shape index (κ1) is 12.9. The van der Waals surface area contributed by atoms with Crippen LogP contribution in [-0.4, -0.2) is 24.7 Å². The number of rotatable bonds is 5. The molecule has 5 heteroatoms. The Bertz CT molecular complexity index is 483. The number of hydrogen-bond donors (Lipinski definition) is 1. The van der Waals surface area contributed by atoms with Crippen LogP contribution in [0.2, 0.25) is 0 Å². The normalized spacial score (nSPS) is 14.1. The third kappa shape index (κ3) is 2.82. The van der Waals surface area contributed by atoms with Crippen LogP contribution in [0, 0.1) is 5.92 Å². The Kier molecular flexibility index (Phi) is 3.87. The van der Waals surface area contributed by atoms with Crippen LogP contribution in [0.15, 0.2) is 18.2 Å². The molecule has 96 valence electrons. The molecule has 0 heterocycles. The van der Waals surface area contributed by atoms with Crippen LogP contribution in [0.4, 0.5) is 5.69 Å². The monoisotopic (exact) mass is 267 g/mol. The molecule has 1 aliphatic carbocycles. The summed E-state index contributed by atoms with van der Waals surface area (Å²) in [5, 5.41) is 2.78. The van der Waals surface area contributed by atoms with E-state index in [9.17, 15) is 9.59 Å². The number of hydrogen-bond acceptors (Lipinski definition) is 3. The smallest absolute Gasteiger partial charge is 0.227 e. The summed E-state index contributed by atoms with van der Waals surface area (Å²) in [5.74, 6) is 0.352. The lowest BCUT2D eigenvalue weighted by atomic mass is 10.1. The minimum Gasteiger partial charge on any atom is -0.495 e. The molecule has 1 amide bonds. The maximum atomic E-state index is 11.7. The van der Waals surface area contributed by atoms with E-state index >= 15 is 0 Å². The van der Waals surface area contributed by atoms with Crippen LogP contribution in [0.1, 0.15) is 23.2 Å². The van der Waals surface area contributed by atoms with Gasteiger partial charge in [0.15, 0.2) is 5.78 Å². The van der Waals surface area contributed by atoms with Crippen molar-refractivity contribution in [1.82, 2.24) is 0 Å². The molecule has 0 radical (unpaired) electrons. The van der Waals surface area contributed by atoms with E-state index in [1.807, 2.05) is 0 Å². The first-order valence-corrected chi connectivity index (χ1v) is 6.27. The predicted molar refractivity (Wildman–Crippen MR) is 69.4 cm³/mol. The van der Waals surface area contributed by atoms with Crippen molar-refractivity contribution >= 4 is 29.0 Å². The standard InChI is InChI=1S/C13H14ClNO3/c1-18-12-5-4-9(11(16)7-14)6-10(12)15-13(17)8-2-3-8/h4-6,8H,2-3,7H2,1H3,(H,15,17). The Labute approximate surface area is 110 Å². The average molecular weight is 268 g/mol. The van der Waals surface area contributed by atoms with E-state index in [0.717, 1.165) is 12.8 Å². The molecule has 0 spiro atoms. The van der Waals surface area contributed by atoms with Gasteiger partial charge in [0.25, 0.3) is 0 Å². The maximum Gasteiger partial charge on any atom is 0.227 e. The van der Waals surface area contributed by atoms with Crippen LogP contribution in [-0.2, 0) is 4.79 Å². The fraction of sp³-hybridized carbons (Fsp3) is 0.385. The molecule has 1 fully saturated rings. The number of carbonyl (C=O) groups is 2. The van der Waals surface area contributed by atoms with Gasteiger partial charge in [-0.05, 0) is 31.0 Å². The summed E-state index contributed by atoms with van der Waals surface area (Å²) >= 11 is 5.51. The van der Waals surface area contributed by atoms with Gasteiger partial charge in [-0.2, -0.15) is 0 Å². The largest absolute Gasteiger partial charge is 0.495 e. The van der Waals surface area contributed by atoms with E-state index in [1.165, 1.54) is 7.11 Å². The summed E-state index contributed by atoms with van der Waals surface area (Å²) in [6.07, 6.45) is 1.85. The summed E-state index contributed by atoms with van der Waals surface area (Å²) in [7, 11) is 1.52. The van der Waals surface area contributed by atoms with E-state index in [0.29, 0.717) is 17.0 Å². The van der Waals surface area contributed by atoms with Crippen molar-refractivity contribution in [3.63, 3.8) is 0 Å². The first-order chi connectivity index (χ1) is 8.65. The highest BCUT2D eigenvalue weighted by molar-refractivity contribution is 6.30. The topological polar surface area (TPSA) is 55.4 Å². The summed E-state index contributed by atoms with van der Waals surface area (Å²) < 4.78 is 5.16. The van der Waals surface area contributed by atoms with Crippen molar-refractivity contribution in [2.24, 2.45) is 5.92 Å². The van der Waals surface area contributed by atoms with Gasteiger partial charge in [-0.1, -0.05) is 0 Å². The number of halogens is 1. The van der Waals surface area contributed by atoms with Crippen molar-refractivity contribution in [3.8, 4) is 5.75 Å². The summed E-state index contributed by atoms with van der Waals surface area (Å²) in [5.41, 5.74) is 0.988. The zero-order chi connectivity index (χ0) is 13.1. The van der Waals surface area contributed by atoms with Crippen molar-refractivity contribution in [2.45, 2.75) is 12.8 Å². The van der Waals surface area contributed by atoms with Gasteiger partial charge >= 0.3 is 0 Å². The number of ketones is 1. The minimum absolute atomic E-state index is 0.0243. The molecule has 1 saturated carbocycles. The van der Waals surface area contributed by atoms with Crippen LogP contribution < -0.4 is 10.1 Å². The zero-order valence-electron chi connectivity index (χ0n) is 10.0. The molecular weight excluding hydrogens is 254 g/mol. The van der Waals surface area contributed by atoms with Gasteiger partial charge in [0, 0.05) is 11.5 Å². The van der Waals surface area contributed by atoms with Crippen molar-refractivity contribution in [1.29, 1.82) is 0 Å². The van der Waals surface area contributed by atoms with Crippen LogP contribution >= 0.6 is 11.6 Å². The molecule has 0 saturated heterocycles. The Morgan fingerprint density at radius 3 is 2.72 bits per heavy atom. The molecule has 0 aromatic heterocycles. The highest BCUT2D eigenvalue weighted by Gasteiger charge is 2.30. The second-order valence-electron chi connectivity index (χ2n) is 4.24. The van der Waals surface area contributed by atoms with Crippen molar-refractivity contribution in [3.05, 3.63) is 23.8 Å². The average Bonchev–Trinajstić information content (AvgIpc) is 3.22. The SMILES string of the molecule is COc1ccc(C(=O)CCl)cc1NC(=O)C1CC1. The fourth-order valence-corrected chi connectivity index (χ4v) is 1.79. The lowest BCUT2D eigenvalue weighted by molar-refractivity contribution is -0.117. The van der Waals surface area contributed by atoms with E-state index in [-0.39, 0.29) is 23.5 Å². The van der Waals surface area contributed by atoms with E-state index in [1.54, 1.807) is 18.2 Å². The Morgan fingerprint density at radius 1 is 1.44 bits per heavy atom. The molecule has 1 N–H and O–H groups in total. The molecule has 1 aliphatic rings. The lowest BCUT2D eigenvalue weighted by Crippen LogP contribution is -2.14. The molecule has 1 aromatic carbocycles. The number of anilines is 1. The number of Topliss-reactive ketones (excluding diaryl/α,β-unsaturated/α-hetero) is 1. The fourth-order valence-electron chi connectivity index (χ4n) is 1.64. The van der Waals surface area contributed by atoms with Gasteiger partial charge in [0.1, 0.15) is 5.75 Å². The van der Waals surface area contributed by atoms with E-state index in [2.05, 4.69) is 5.32 Å². The second kappa shape index (κ2) is 5.40. The Morgan fingerprint density at radius 2 is 2.17 bits per heavy atom. The van der Waals surface area contributed by atoms with Crippen molar-refractivity contribution in [2.75, 3.05) is 18.3 Å². The quantitative estimate of drug-likeness (QED) is 0.659. The molecule has 0 aliphatic heterocycles. The number of benzene rings is 1. The third-order valence-electron chi connectivity index (χ3n) is 2.85. The molecule has 4 nitrogen and oxygen atoms in total. The van der Waals surface area contributed by atoms with Gasteiger partial charge in [-0.25, -0.2) is 0 Å². The first-order valence-electron chi connectivity index (χ1n) is 5.73. The van der Waals surface area contributed by atoms with Crippen LogP contribution in [0.5, 0.6) is 5.75 Å². The Hall–Kier alpha value is -1.55. The zero-order valence-corrected chi connectivity index (χ0v) is 10.8. The predicted octanol–water partition coefficient (Wildman–Crippen LogP) is 2.47. The van der Waals surface area contributed by atoms with Gasteiger partial charge in [0.2, 0.25) is 5.91 Å².